The van der Waals surface area contributed by atoms with Crippen molar-refractivity contribution in [2.45, 2.75) is 335 Å². The minimum Gasteiger partial charge on any atom is -0.462 e. The van der Waals surface area contributed by atoms with Crippen molar-refractivity contribution < 1.29 is 28.6 Å². The van der Waals surface area contributed by atoms with Crippen LogP contribution in [0, 0.1) is 0 Å². The highest BCUT2D eigenvalue weighted by Crippen LogP contribution is 2.17. The minimum atomic E-state index is -0.766. The van der Waals surface area contributed by atoms with Gasteiger partial charge in [-0.3, -0.25) is 14.4 Å². The molecule has 0 amide bonds. The molecule has 0 saturated heterocycles. The fraction of sp³-hybridized carbons (Fsp3) is 0.831. The van der Waals surface area contributed by atoms with Crippen LogP contribution in [0.25, 0.3) is 0 Å². The predicted molar refractivity (Wildman–Crippen MR) is 307 cm³/mol. The molecule has 71 heavy (non-hydrogen) atoms. The first-order chi connectivity index (χ1) is 35.0. The maximum Gasteiger partial charge on any atom is 0.306 e. The molecule has 0 aromatic carbocycles. The van der Waals surface area contributed by atoms with Gasteiger partial charge in [-0.15, -0.1) is 0 Å². The van der Waals surface area contributed by atoms with E-state index in [9.17, 15) is 14.4 Å². The van der Waals surface area contributed by atoms with Gasteiger partial charge in [0.05, 0.1) is 0 Å². The Balaban J connectivity index is 4.11. The van der Waals surface area contributed by atoms with Gasteiger partial charge in [-0.25, -0.2) is 0 Å². The van der Waals surface area contributed by atoms with Gasteiger partial charge >= 0.3 is 17.9 Å². The molecule has 0 N–H and O–H groups in total. The lowest BCUT2D eigenvalue weighted by Crippen LogP contribution is -2.30. The molecule has 6 nitrogen and oxygen atoms in total. The number of rotatable bonds is 57. The maximum absolute atomic E-state index is 12.8. The minimum absolute atomic E-state index is 0.0663. The molecule has 414 valence electrons. The largest absolute Gasteiger partial charge is 0.462 e. The molecule has 0 aromatic rings. The SMILES string of the molecule is CC/C=C\C/C=C\C/C=C\C/C=C\CCCCCCCCCCCCCCCCCCC(=O)OCC(COC(=O)CCCCCCCCCCCCCC)OC(=O)CCCCCCCCCCCCCC. The van der Waals surface area contributed by atoms with Crippen LogP contribution in [0.4, 0.5) is 0 Å². The van der Waals surface area contributed by atoms with Crippen LogP contribution in [0.15, 0.2) is 48.6 Å². The van der Waals surface area contributed by atoms with Crippen LogP contribution >= 0.6 is 0 Å². The van der Waals surface area contributed by atoms with E-state index in [1.165, 1.54) is 205 Å². The molecule has 0 heterocycles. The third-order valence-corrected chi connectivity index (χ3v) is 13.8. The number of ether oxygens (including phenoxy) is 3. The van der Waals surface area contributed by atoms with Crippen LogP contribution in [0.2, 0.25) is 0 Å². The van der Waals surface area contributed by atoms with Gasteiger partial charge in [0.2, 0.25) is 0 Å². The Labute approximate surface area is 441 Å². The zero-order valence-corrected chi connectivity index (χ0v) is 47.5. The molecule has 0 saturated carbocycles. The molecule has 6 heteroatoms. The number of carbonyl (C=O) groups is 3. The van der Waals surface area contributed by atoms with E-state index < -0.39 is 6.10 Å². The second-order valence-corrected chi connectivity index (χ2v) is 21.0. The van der Waals surface area contributed by atoms with E-state index in [1.807, 2.05) is 0 Å². The Bertz CT molecular complexity index is 1230. The maximum atomic E-state index is 12.8. The highest BCUT2D eigenvalue weighted by Gasteiger charge is 2.19. The lowest BCUT2D eigenvalue weighted by Gasteiger charge is -2.18. The van der Waals surface area contributed by atoms with E-state index in [4.69, 9.17) is 14.2 Å². The van der Waals surface area contributed by atoms with Gasteiger partial charge in [-0.1, -0.05) is 301 Å². The van der Waals surface area contributed by atoms with Crippen molar-refractivity contribution in [1.82, 2.24) is 0 Å². The lowest BCUT2D eigenvalue weighted by atomic mass is 10.0. The Morgan fingerprint density at radius 3 is 0.859 bits per heavy atom. The summed E-state index contributed by atoms with van der Waals surface area (Å²) in [6.45, 7) is 6.56. The number of hydrogen-bond donors (Lipinski definition) is 0. The van der Waals surface area contributed by atoms with Gasteiger partial charge in [-0.2, -0.15) is 0 Å². The van der Waals surface area contributed by atoms with E-state index >= 15 is 0 Å². The highest BCUT2D eigenvalue weighted by atomic mass is 16.6. The van der Waals surface area contributed by atoms with Gasteiger partial charge in [-0.05, 0) is 57.8 Å². The molecule has 1 atom stereocenters. The number of hydrogen-bond acceptors (Lipinski definition) is 6. The summed E-state index contributed by atoms with van der Waals surface area (Å²) >= 11 is 0. The fourth-order valence-electron chi connectivity index (χ4n) is 9.20. The van der Waals surface area contributed by atoms with Crippen LogP contribution in [0.3, 0.4) is 0 Å². The van der Waals surface area contributed by atoms with E-state index in [1.54, 1.807) is 0 Å². The van der Waals surface area contributed by atoms with E-state index in [-0.39, 0.29) is 31.1 Å². The van der Waals surface area contributed by atoms with Crippen LogP contribution in [-0.2, 0) is 28.6 Å². The molecule has 0 spiro atoms. The summed E-state index contributed by atoms with van der Waals surface area (Å²) in [5, 5.41) is 0. The molecule has 0 aliphatic carbocycles. The van der Waals surface area contributed by atoms with E-state index in [2.05, 4.69) is 69.4 Å². The summed E-state index contributed by atoms with van der Waals surface area (Å²) < 4.78 is 16.9. The van der Waals surface area contributed by atoms with Gasteiger partial charge in [0.1, 0.15) is 13.2 Å². The topological polar surface area (TPSA) is 78.9 Å². The first-order valence-electron chi connectivity index (χ1n) is 31.1. The molecule has 0 fully saturated rings. The summed E-state index contributed by atoms with van der Waals surface area (Å²) in [6, 6.07) is 0. The number of allylic oxidation sites excluding steroid dienone is 8. The quantitative estimate of drug-likeness (QED) is 0.0261. The Morgan fingerprint density at radius 1 is 0.296 bits per heavy atom. The van der Waals surface area contributed by atoms with Crippen LogP contribution in [0.5, 0.6) is 0 Å². The zero-order chi connectivity index (χ0) is 51.4. The Kier molecular flexibility index (Phi) is 57.7. The molecule has 1 unspecified atom stereocenters. The first kappa shape index (κ1) is 68.4. The smallest absolute Gasteiger partial charge is 0.306 e. The molecule has 0 bridgehead atoms. The summed E-state index contributed by atoms with van der Waals surface area (Å²) in [5.74, 6) is -0.847. The average Bonchev–Trinajstić information content (AvgIpc) is 3.37. The molecule has 0 radical (unpaired) electrons. The highest BCUT2D eigenvalue weighted by molar-refractivity contribution is 5.71. The monoisotopic (exact) mass is 995 g/mol. The summed E-state index contributed by atoms with van der Waals surface area (Å²) in [6.07, 6.45) is 74.1. The lowest BCUT2D eigenvalue weighted by molar-refractivity contribution is -0.167. The summed E-state index contributed by atoms with van der Waals surface area (Å²) in [7, 11) is 0. The number of esters is 3. The van der Waals surface area contributed by atoms with Crippen LogP contribution < -0.4 is 0 Å². The van der Waals surface area contributed by atoms with Crippen LogP contribution in [0.1, 0.15) is 329 Å². The second-order valence-electron chi connectivity index (χ2n) is 21.0. The molecule has 0 rings (SSSR count). The Hall–Kier alpha value is -2.63. The second kappa shape index (κ2) is 59.9. The molecule has 0 aromatic heterocycles. The zero-order valence-electron chi connectivity index (χ0n) is 47.5. The van der Waals surface area contributed by atoms with Gasteiger partial charge in [0.15, 0.2) is 6.10 Å². The third kappa shape index (κ3) is 58.1. The van der Waals surface area contributed by atoms with Gasteiger partial charge in [0, 0.05) is 19.3 Å². The fourth-order valence-corrected chi connectivity index (χ4v) is 9.20. The van der Waals surface area contributed by atoms with Gasteiger partial charge < -0.3 is 14.2 Å². The molecule has 0 aliphatic heterocycles. The third-order valence-electron chi connectivity index (χ3n) is 13.8. The summed E-state index contributed by atoms with van der Waals surface area (Å²) in [5.41, 5.74) is 0. The van der Waals surface area contributed by atoms with Crippen molar-refractivity contribution >= 4 is 17.9 Å². The molecular weight excluding hydrogens is 877 g/mol. The van der Waals surface area contributed by atoms with Crippen molar-refractivity contribution in [2.75, 3.05) is 13.2 Å². The van der Waals surface area contributed by atoms with Gasteiger partial charge in [0.25, 0.3) is 0 Å². The average molecular weight is 996 g/mol. The number of carbonyl (C=O) groups excluding carboxylic acids is 3. The standard InChI is InChI=1S/C65H118O6/c1-4-7-10-13-16-19-22-25-26-27-28-29-30-31-32-33-34-35-36-37-38-39-40-41-44-46-49-52-55-58-64(67)70-61-62(71-65(68)59-56-53-50-47-43-24-21-18-15-12-9-6-3)60-69-63(66)57-54-51-48-45-42-23-20-17-14-11-8-5-2/h7,10,16,19,25-26,28-29,62H,4-6,8-9,11-15,17-18,20-24,27,30-61H2,1-3H3/b10-7-,19-16-,26-25-,29-28-. The van der Waals surface area contributed by atoms with Crippen molar-refractivity contribution in [3.05, 3.63) is 48.6 Å². The molecule has 0 aliphatic rings. The number of unbranched alkanes of at least 4 members (excludes halogenated alkanes) is 38. The summed E-state index contributed by atoms with van der Waals surface area (Å²) in [4.78, 5) is 38.1. The first-order valence-corrected chi connectivity index (χ1v) is 31.1. The van der Waals surface area contributed by atoms with Crippen molar-refractivity contribution in [2.24, 2.45) is 0 Å². The predicted octanol–water partition coefficient (Wildman–Crippen LogP) is 21.0. The molecular formula is C65H118O6. The van der Waals surface area contributed by atoms with Crippen molar-refractivity contribution in [3.8, 4) is 0 Å². The van der Waals surface area contributed by atoms with E-state index in [0.717, 1.165) is 83.5 Å². The van der Waals surface area contributed by atoms with Crippen molar-refractivity contribution in [1.29, 1.82) is 0 Å². The van der Waals surface area contributed by atoms with Crippen molar-refractivity contribution in [3.63, 3.8) is 0 Å². The van der Waals surface area contributed by atoms with E-state index in [0.29, 0.717) is 19.3 Å². The Morgan fingerprint density at radius 2 is 0.549 bits per heavy atom. The normalized spacial score (nSPS) is 12.3. The van der Waals surface area contributed by atoms with Crippen LogP contribution in [-0.4, -0.2) is 37.2 Å².